The van der Waals surface area contributed by atoms with Crippen LogP contribution in [0.4, 0.5) is 0 Å². The summed E-state index contributed by atoms with van der Waals surface area (Å²) in [5, 5.41) is 16.2. The Balaban J connectivity index is 0.00000363. The van der Waals surface area contributed by atoms with Gasteiger partial charge in [0.2, 0.25) is 10.0 Å². The fourth-order valence-corrected chi connectivity index (χ4v) is 5.19. The van der Waals surface area contributed by atoms with Crippen molar-refractivity contribution in [2.45, 2.75) is 36.6 Å². The van der Waals surface area contributed by atoms with E-state index >= 15 is 0 Å². The van der Waals surface area contributed by atoms with Crippen molar-refractivity contribution in [2.24, 2.45) is 4.99 Å². The number of sulfonamides is 1. The number of rotatable bonds is 8. The molecule has 9 heteroatoms. The van der Waals surface area contributed by atoms with Crippen LogP contribution in [0.3, 0.4) is 0 Å². The summed E-state index contributed by atoms with van der Waals surface area (Å²) in [5.74, 6) is 0.596. The van der Waals surface area contributed by atoms with Gasteiger partial charge in [0.05, 0.1) is 11.5 Å². The summed E-state index contributed by atoms with van der Waals surface area (Å²) in [6.07, 6.45) is 2.94. The number of halogens is 1. The number of hydrogen-bond donors (Lipinski definition) is 3. The molecule has 1 heterocycles. The van der Waals surface area contributed by atoms with Crippen LogP contribution in [0.15, 0.2) is 64.5 Å². The average molecular weight is 573 g/mol. The molecule has 3 N–H and O–H groups in total. The maximum absolute atomic E-state index is 12.8. The van der Waals surface area contributed by atoms with E-state index in [1.54, 1.807) is 23.5 Å². The molecule has 0 amide bonds. The van der Waals surface area contributed by atoms with Gasteiger partial charge >= 0.3 is 0 Å². The summed E-state index contributed by atoms with van der Waals surface area (Å²) in [6, 6.07) is 16.9. The minimum absolute atomic E-state index is 0. The molecule has 1 atom stereocenters. The third kappa shape index (κ3) is 7.16. The van der Waals surface area contributed by atoms with Gasteiger partial charge in [0.15, 0.2) is 5.96 Å². The maximum Gasteiger partial charge on any atom is 0.243 e. The summed E-state index contributed by atoms with van der Waals surface area (Å²) < 4.78 is 27.1. The van der Waals surface area contributed by atoms with Crippen LogP contribution in [0.5, 0.6) is 0 Å². The highest BCUT2D eigenvalue weighted by Crippen LogP contribution is 2.21. The van der Waals surface area contributed by atoms with Gasteiger partial charge in [-0.2, -0.15) is 4.31 Å². The summed E-state index contributed by atoms with van der Waals surface area (Å²) in [4.78, 5) is 4.57. The highest BCUT2D eigenvalue weighted by atomic mass is 127. The van der Waals surface area contributed by atoms with E-state index in [-0.39, 0.29) is 36.5 Å². The van der Waals surface area contributed by atoms with Crippen molar-refractivity contribution in [3.05, 3.63) is 65.7 Å². The Morgan fingerprint density at radius 3 is 2.28 bits per heavy atom. The molecule has 0 aliphatic carbocycles. The Labute approximate surface area is 208 Å². The largest absolute Gasteiger partial charge is 0.396 e. The molecule has 1 unspecified atom stereocenters. The average Bonchev–Trinajstić information content (AvgIpc) is 2.83. The van der Waals surface area contributed by atoms with E-state index in [1.807, 2.05) is 42.5 Å². The lowest BCUT2D eigenvalue weighted by Crippen LogP contribution is -2.39. The Kier molecular flexibility index (Phi) is 10.9. The summed E-state index contributed by atoms with van der Waals surface area (Å²) in [6.45, 7) is 2.31. The van der Waals surface area contributed by atoms with Gasteiger partial charge in [-0.15, -0.1) is 24.0 Å². The number of aliphatic hydroxyl groups excluding tert-OH is 1. The number of nitrogens with zero attached hydrogens (tertiary/aromatic N) is 2. The summed E-state index contributed by atoms with van der Waals surface area (Å²) in [5.41, 5.74) is 2.03. The number of guanidine groups is 1. The van der Waals surface area contributed by atoms with E-state index < -0.39 is 10.0 Å². The minimum atomic E-state index is -3.41. The first-order valence-corrected chi connectivity index (χ1v) is 12.2. The van der Waals surface area contributed by atoms with Crippen LogP contribution in [-0.4, -0.2) is 57.1 Å². The van der Waals surface area contributed by atoms with Gasteiger partial charge in [0.1, 0.15) is 0 Å². The molecular formula is C23H33IN4O3S. The third-order valence-electron chi connectivity index (χ3n) is 5.57. The van der Waals surface area contributed by atoms with Crippen LogP contribution in [0, 0.1) is 0 Å². The van der Waals surface area contributed by atoms with Crippen molar-refractivity contribution in [1.82, 2.24) is 14.9 Å². The maximum atomic E-state index is 12.8. The smallest absolute Gasteiger partial charge is 0.243 e. The van der Waals surface area contributed by atoms with Crippen LogP contribution < -0.4 is 10.6 Å². The second-order valence-electron chi connectivity index (χ2n) is 7.71. The van der Waals surface area contributed by atoms with Crippen LogP contribution >= 0.6 is 24.0 Å². The van der Waals surface area contributed by atoms with Gasteiger partial charge < -0.3 is 15.7 Å². The fourth-order valence-electron chi connectivity index (χ4n) is 3.67. The van der Waals surface area contributed by atoms with E-state index in [9.17, 15) is 13.5 Å². The standard InChI is InChI=1S/C23H32N4O3S.HI/c1-24-23(26-17-21(18-28)20-8-4-2-5-9-20)25-16-19-10-12-22(13-11-19)31(29,30)27-14-6-3-7-15-27;/h2,4-5,8-13,21,28H,3,6-7,14-18H2,1H3,(H2,24,25,26);1H. The van der Waals surface area contributed by atoms with Gasteiger partial charge in [-0.25, -0.2) is 8.42 Å². The van der Waals surface area contributed by atoms with Crippen LogP contribution in [0.25, 0.3) is 0 Å². The molecule has 0 saturated carbocycles. The third-order valence-corrected chi connectivity index (χ3v) is 7.48. The van der Waals surface area contributed by atoms with Crippen molar-refractivity contribution in [2.75, 3.05) is 33.3 Å². The van der Waals surface area contributed by atoms with E-state index in [2.05, 4.69) is 15.6 Å². The van der Waals surface area contributed by atoms with Gasteiger partial charge in [-0.05, 0) is 36.1 Å². The molecule has 32 heavy (non-hydrogen) atoms. The van der Waals surface area contributed by atoms with Crippen LogP contribution in [0.1, 0.15) is 36.3 Å². The molecule has 7 nitrogen and oxygen atoms in total. The molecule has 2 aromatic rings. The Morgan fingerprint density at radius 2 is 1.69 bits per heavy atom. The Hall–Kier alpha value is -1.69. The molecule has 1 fully saturated rings. The van der Waals surface area contributed by atoms with Crippen molar-refractivity contribution in [3.8, 4) is 0 Å². The lowest BCUT2D eigenvalue weighted by molar-refractivity contribution is 0.265. The highest BCUT2D eigenvalue weighted by molar-refractivity contribution is 14.0. The van der Waals surface area contributed by atoms with Gasteiger partial charge in [0.25, 0.3) is 0 Å². The zero-order chi connectivity index (χ0) is 22.1. The summed E-state index contributed by atoms with van der Waals surface area (Å²) >= 11 is 0. The number of aliphatic imine (C=N–C) groups is 1. The van der Waals surface area contributed by atoms with Gasteiger partial charge in [0, 0.05) is 39.1 Å². The number of nitrogens with one attached hydrogen (secondary N) is 2. The Bertz CT molecular complexity index is 947. The van der Waals surface area contributed by atoms with Crippen molar-refractivity contribution in [1.29, 1.82) is 0 Å². The first-order chi connectivity index (χ1) is 15.0. The van der Waals surface area contributed by atoms with Crippen molar-refractivity contribution in [3.63, 3.8) is 0 Å². The van der Waals surface area contributed by atoms with Gasteiger partial charge in [-0.1, -0.05) is 48.9 Å². The number of aliphatic hydroxyl groups is 1. The second kappa shape index (κ2) is 13.1. The first kappa shape index (κ1) is 26.6. The molecule has 0 radical (unpaired) electrons. The number of benzene rings is 2. The van der Waals surface area contributed by atoms with E-state index in [0.29, 0.717) is 37.0 Å². The second-order valence-corrected chi connectivity index (χ2v) is 9.64. The fraction of sp³-hybridized carbons (Fsp3) is 0.435. The number of hydrogen-bond acceptors (Lipinski definition) is 4. The topological polar surface area (TPSA) is 94.0 Å². The summed E-state index contributed by atoms with van der Waals surface area (Å²) in [7, 11) is -1.71. The molecule has 0 aromatic heterocycles. The van der Waals surface area contributed by atoms with E-state index in [4.69, 9.17) is 0 Å². The lowest BCUT2D eigenvalue weighted by Gasteiger charge is -2.25. The predicted octanol–water partition coefficient (Wildman–Crippen LogP) is 2.92. The molecule has 1 saturated heterocycles. The van der Waals surface area contributed by atoms with E-state index in [1.165, 1.54) is 0 Å². The quantitative estimate of drug-likeness (QED) is 0.257. The van der Waals surface area contributed by atoms with E-state index in [0.717, 1.165) is 30.4 Å². The molecule has 3 rings (SSSR count). The number of piperidine rings is 1. The molecule has 2 aromatic carbocycles. The first-order valence-electron chi connectivity index (χ1n) is 10.7. The van der Waals surface area contributed by atoms with Crippen LogP contribution in [0.2, 0.25) is 0 Å². The molecule has 1 aliphatic rings. The Morgan fingerprint density at radius 1 is 1.03 bits per heavy atom. The van der Waals surface area contributed by atoms with Gasteiger partial charge in [-0.3, -0.25) is 4.99 Å². The molecule has 0 spiro atoms. The van der Waals surface area contributed by atoms with Crippen molar-refractivity contribution >= 4 is 40.0 Å². The molecule has 0 bridgehead atoms. The monoisotopic (exact) mass is 572 g/mol. The lowest BCUT2D eigenvalue weighted by atomic mass is 10.0. The predicted molar refractivity (Wildman–Crippen MR) is 139 cm³/mol. The molecule has 176 valence electrons. The zero-order valence-corrected chi connectivity index (χ0v) is 21.6. The van der Waals surface area contributed by atoms with Crippen LogP contribution in [-0.2, 0) is 16.6 Å². The SMILES string of the molecule is CN=C(NCc1ccc(S(=O)(=O)N2CCCCC2)cc1)NCC(CO)c1ccccc1.I. The normalized spacial score (nSPS) is 16.1. The highest BCUT2D eigenvalue weighted by Gasteiger charge is 2.25. The zero-order valence-electron chi connectivity index (χ0n) is 18.4. The molecule has 1 aliphatic heterocycles. The minimum Gasteiger partial charge on any atom is -0.396 e. The van der Waals surface area contributed by atoms with Crippen molar-refractivity contribution < 1.29 is 13.5 Å². The molecular weight excluding hydrogens is 539 g/mol.